The zero-order valence-electron chi connectivity index (χ0n) is 7.61. The van der Waals surface area contributed by atoms with Gasteiger partial charge in [-0.05, 0) is 18.2 Å². The molecule has 2 nitrogen and oxygen atoms in total. The number of nitrogens with zero attached hydrogens (tertiary/aromatic N) is 1. The van der Waals surface area contributed by atoms with Gasteiger partial charge in [-0.1, -0.05) is 15.9 Å². The molecule has 0 amide bonds. The van der Waals surface area contributed by atoms with Gasteiger partial charge >= 0.3 is 0 Å². The number of aromatic nitrogens is 1. The van der Waals surface area contributed by atoms with Crippen molar-refractivity contribution >= 4 is 27.3 Å². The van der Waals surface area contributed by atoms with Gasteiger partial charge in [0, 0.05) is 10.7 Å². The number of ether oxygens (including phenoxy) is 1. The molecule has 2 aromatic rings. The van der Waals surface area contributed by atoms with Crippen molar-refractivity contribution in [2.24, 2.45) is 0 Å². The van der Waals surface area contributed by atoms with E-state index in [-0.39, 0.29) is 11.6 Å². The first-order valence-corrected chi connectivity index (χ1v) is 5.88. The number of hydrogen-bond acceptors (Lipinski definition) is 3. The lowest BCUT2D eigenvalue weighted by molar-refractivity contribution is 0.293. The fourth-order valence-corrected chi connectivity index (χ4v) is 1.90. The number of thiazole rings is 1. The summed E-state index contributed by atoms with van der Waals surface area (Å²) in [5.74, 6) is -0.111. The van der Waals surface area contributed by atoms with Gasteiger partial charge in [0.2, 0.25) is 0 Å². The molecular formula is C10H7BrFNOS. The van der Waals surface area contributed by atoms with E-state index in [4.69, 9.17) is 4.74 Å². The second kappa shape index (κ2) is 4.72. The van der Waals surface area contributed by atoms with E-state index in [1.807, 2.05) is 0 Å². The van der Waals surface area contributed by atoms with Crippen molar-refractivity contribution in [3.63, 3.8) is 0 Å². The van der Waals surface area contributed by atoms with Crippen LogP contribution in [0.5, 0.6) is 5.75 Å². The maximum absolute atomic E-state index is 13.2. The van der Waals surface area contributed by atoms with E-state index in [1.54, 1.807) is 23.8 Å². The lowest BCUT2D eigenvalue weighted by Gasteiger charge is -2.05. The van der Waals surface area contributed by atoms with Crippen LogP contribution in [0.15, 0.2) is 34.4 Å². The molecule has 78 valence electrons. The third kappa shape index (κ3) is 2.76. The van der Waals surface area contributed by atoms with E-state index < -0.39 is 0 Å². The molecule has 0 fully saturated rings. The Balaban J connectivity index is 2.07. The van der Waals surface area contributed by atoms with Gasteiger partial charge in [0.25, 0.3) is 0 Å². The van der Waals surface area contributed by atoms with Crippen molar-refractivity contribution < 1.29 is 9.13 Å². The molecule has 0 saturated heterocycles. The Hall–Kier alpha value is -0.940. The molecule has 0 bridgehead atoms. The molecule has 0 radical (unpaired) electrons. The van der Waals surface area contributed by atoms with E-state index in [9.17, 15) is 4.39 Å². The van der Waals surface area contributed by atoms with Gasteiger partial charge < -0.3 is 4.74 Å². The lowest BCUT2D eigenvalue weighted by atomic mass is 10.3. The van der Waals surface area contributed by atoms with Gasteiger partial charge in [-0.25, -0.2) is 4.39 Å². The van der Waals surface area contributed by atoms with E-state index in [0.29, 0.717) is 6.61 Å². The molecule has 0 N–H and O–H groups in total. The average molecular weight is 288 g/mol. The zero-order chi connectivity index (χ0) is 10.7. The van der Waals surface area contributed by atoms with E-state index in [2.05, 4.69) is 20.9 Å². The molecule has 0 atom stereocenters. The molecule has 5 heteroatoms. The molecule has 0 aliphatic heterocycles. The monoisotopic (exact) mass is 287 g/mol. The number of halogens is 2. The first-order chi connectivity index (χ1) is 7.25. The van der Waals surface area contributed by atoms with Crippen molar-refractivity contribution in [3.05, 3.63) is 45.1 Å². The number of rotatable bonds is 3. The highest BCUT2D eigenvalue weighted by atomic mass is 79.9. The Morgan fingerprint density at radius 2 is 2.33 bits per heavy atom. The van der Waals surface area contributed by atoms with Crippen LogP contribution in [0.2, 0.25) is 0 Å². The number of benzene rings is 1. The molecular weight excluding hydrogens is 281 g/mol. The standard InChI is InChI=1S/C10H7BrFNOS/c11-7-1-2-9(12)10(3-7)14-5-8-4-13-6-15-8/h1-4,6H,5H2. The quantitative estimate of drug-likeness (QED) is 0.860. The summed E-state index contributed by atoms with van der Waals surface area (Å²) in [5.41, 5.74) is 1.72. The summed E-state index contributed by atoms with van der Waals surface area (Å²) in [5, 5.41) is 0. The highest BCUT2D eigenvalue weighted by Crippen LogP contribution is 2.23. The normalized spacial score (nSPS) is 10.3. The molecule has 0 saturated carbocycles. The van der Waals surface area contributed by atoms with Gasteiger partial charge in [0.05, 0.1) is 10.4 Å². The summed E-state index contributed by atoms with van der Waals surface area (Å²) >= 11 is 4.74. The first kappa shape index (κ1) is 10.6. The third-order valence-corrected chi connectivity index (χ3v) is 2.99. The predicted octanol–water partition coefficient (Wildman–Crippen LogP) is 3.62. The Labute approximate surface area is 98.9 Å². The van der Waals surface area contributed by atoms with Gasteiger partial charge in [0.15, 0.2) is 11.6 Å². The van der Waals surface area contributed by atoms with Crippen molar-refractivity contribution in [1.29, 1.82) is 0 Å². The third-order valence-electron chi connectivity index (χ3n) is 1.75. The largest absolute Gasteiger partial charge is 0.485 e. The first-order valence-electron chi connectivity index (χ1n) is 4.21. The van der Waals surface area contributed by atoms with Crippen molar-refractivity contribution in [1.82, 2.24) is 4.98 Å². The van der Waals surface area contributed by atoms with Gasteiger partial charge in [0.1, 0.15) is 6.61 Å². The Morgan fingerprint density at radius 1 is 1.47 bits per heavy atom. The van der Waals surface area contributed by atoms with Crippen molar-refractivity contribution in [3.8, 4) is 5.75 Å². The van der Waals surface area contributed by atoms with Crippen molar-refractivity contribution in [2.75, 3.05) is 0 Å². The second-order valence-electron chi connectivity index (χ2n) is 2.83. The maximum Gasteiger partial charge on any atom is 0.165 e. The fraction of sp³-hybridized carbons (Fsp3) is 0.100. The molecule has 0 spiro atoms. The Bertz CT molecular complexity index is 447. The van der Waals surface area contributed by atoms with Crippen LogP contribution in [0.3, 0.4) is 0 Å². The van der Waals surface area contributed by atoms with Crippen LogP contribution < -0.4 is 4.74 Å². The molecule has 1 heterocycles. The topological polar surface area (TPSA) is 22.1 Å². The summed E-state index contributed by atoms with van der Waals surface area (Å²) in [6, 6.07) is 4.61. The molecule has 1 aromatic carbocycles. The van der Waals surface area contributed by atoms with E-state index in [1.165, 1.54) is 17.4 Å². The van der Waals surface area contributed by atoms with Crippen LogP contribution in [-0.4, -0.2) is 4.98 Å². The molecule has 0 aliphatic rings. The Kier molecular flexibility index (Phi) is 3.33. The predicted molar refractivity (Wildman–Crippen MR) is 60.5 cm³/mol. The van der Waals surface area contributed by atoms with Crippen LogP contribution >= 0.6 is 27.3 Å². The van der Waals surface area contributed by atoms with E-state index >= 15 is 0 Å². The second-order valence-corrected chi connectivity index (χ2v) is 4.72. The van der Waals surface area contributed by atoms with Gasteiger partial charge in [-0.15, -0.1) is 11.3 Å². The molecule has 1 aromatic heterocycles. The summed E-state index contributed by atoms with van der Waals surface area (Å²) in [7, 11) is 0. The van der Waals surface area contributed by atoms with Crippen LogP contribution in [0.4, 0.5) is 4.39 Å². The highest BCUT2D eigenvalue weighted by Gasteiger charge is 2.04. The van der Waals surface area contributed by atoms with E-state index in [0.717, 1.165) is 9.35 Å². The molecule has 0 unspecified atom stereocenters. The minimum Gasteiger partial charge on any atom is -0.485 e. The van der Waals surface area contributed by atoms with Crippen LogP contribution in [0.1, 0.15) is 4.88 Å². The summed E-state index contributed by atoms with van der Waals surface area (Å²) in [4.78, 5) is 4.88. The van der Waals surface area contributed by atoms with Gasteiger partial charge in [-0.3, -0.25) is 4.98 Å². The smallest absolute Gasteiger partial charge is 0.165 e. The molecule has 2 rings (SSSR count). The SMILES string of the molecule is Fc1ccc(Br)cc1OCc1cncs1. The number of hydrogen-bond donors (Lipinski definition) is 0. The Morgan fingerprint density at radius 3 is 3.07 bits per heavy atom. The summed E-state index contributed by atoms with van der Waals surface area (Å²) < 4.78 is 19.4. The highest BCUT2D eigenvalue weighted by molar-refractivity contribution is 9.10. The molecule has 15 heavy (non-hydrogen) atoms. The summed E-state index contributed by atoms with van der Waals surface area (Å²) in [6.45, 7) is 0.345. The minimum atomic E-state index is -0.359. The van der Waals surface area contributed by atoms with Crippen LogP contribution in [-0.2, 0) is 6.61 Å². The van der Waals surface area contributed by atoms with Gasteiger partial charge in [-0.2, -0.15) is 0 Å². The summed E-state index contributed by atoms with van der Waals surface area (Å²) in [6.07, 6.45) is 1.71. The fourth-order valence-electron chi connectivity index (χ4n) is 1.05. The average Bonchev–Trinajstić information content (AvgIpc) is 2.72. The van der Waals surface area contributed by atoms with Crippen LogP contribution in [0, 0.1) is 5.82 Å². The maximum atomic E-state index is 13.2. The molecule has 0 aliphatic carbocycles. The zero-order valence-corrected chi connectivity index (χ0v) is 10.0. The lowest BCUT2D eigenvalue weighted by Crippen LogP contribution is -1.95. The van der Waals surface area contributed by atoms with Crippen molar-refractivity contribution in [2.45, 2.75) is 6.61 Å². The van der Waals surface area contributed by atoms with Crippen LogP contribution in [0.25, 0.3) is 0 Å². The minimum absolute atomic E-state index is 0.248.